The highest BCUT2D eigenvalue weighted by atomic mass is 16.5. The molecule has 0 saturated carbocycles. The highest BCUT2D eigenvalue weighted by Crippen LogP contribution is 2.31. The average Bonchev–Trinajstić information content (AvgIpc) is 2.50. The molecular weight excluding hydrogens is 250 g/mol. The van der Waals surface area contributed by atoms with E-state index in [1.54, 1.807) is 0 Å². The SMILES string of the molecule is CCOc1ccc([C@H](N)c2ccccc2)cc1OCC. The number of benzene rings is 2. The van der Waals surface area contributed by atoms with E-state index in [-0.39, 0.29) is 6.04 Å². The molecule has 0 aliphatic heterocycles. The number of nitrogens with two attached hydrogens (primary N) is 1. The fourth-order valence-electron chi connectivity index (χ4n) is 2.11. The van der Waals surface area contributed by atoms with Crippen LogP contribution >= 0.6 is 0 Å². The summed E-state index contributed by atoms with van der Waals surface area (Å²) in [6, 6.07) is 15.7. The summed E-state index contributed by atoms with van der Waals surface area (Å²) in [5, 5.41) is 0. The van der Waals surface area contributed by atoms with E-state index in [1.807, 2.05) is 62.4 Å². The van der Waals surface area contributed by atoms with Gasteiger partial charge in [-0.25, -0.2) is 0 Å². The van der Waals surface area contributed by atoms with Crippen LogP contribution < -0.4 is 15.2 Å². The summed E-state index contributed by atoms with van der Waals surface area (Å²) in [7, 11) is 0. The molecule has 0 unspecified atom stereocenters. The van der Waals surface area contributed by atoms with Crippen LogP contribution in [0.25, 0.3) is 0 Å². The zero-order chi connectivity index (χ0) is 14.4. The Bertz CT molecular complexity index is 540. The van der Waals surface area contributed by atoms with Gasteiger partial charge < -0.3 is 15.2 Å². The summed E-state index contributed by atoms with van der Waals surface area (Å²) in [6.45, 7) is 5.13. The summed E-state index contributed by atoms with van der Waals surface area (Å²) in [5.41, 5.74) is 8.41. The standard InChI is InChI=1S/C17H21NO2/c1-3-19-15-11-10-14(12-16(15)20-4-2)17(18)13-8-6-5-7-9-13/h5-12,17H,3-4,18H2,1-2H3/t17-/m1/s1. The smallest absolute Gasteiger partial charge is 0.161 e. The molecular formula is C17H21NO2. The molecule has 0 heterocycles. The van der Waals surface area contributed by atoms with Crippen LogP contribution in [-0.4, -0.2) is 13.2 Å². The van der Waals surface area contributed by atoms with E-state index in [4.69, 9.17) is 15.2 Å². The predicted octanol–water partition coefficient (Wildman–Crippen LogP) is 3.53. The van der Waals surface area contributed by atoms with Crippen molar-refractivity contribution in [3.05, 3.63) is 59.7 Å². The molecule has 0 bridgehead atoms. The minimum Gasteiger partial charge on any atom is -0.490 e. The molecule has 2 aromatic rings. The van der Waals surface area contributed by atoms with Gasteiger partial charge in [-0.1, -0.05) is 36.4 Å². The summed E-state index contributed by atoms with van der Waals surface area (Å²) in [4.78, 5) is 0. The molecule has 3 nitrogen and oxygen atoms in total. The van der Waals surface area contributed by atoms with Crippen molar-refractivity contribution in [2.45, 2.75) is 19.9 Å². The Morgan fingerprint density at radius 2 is 1.50 bits per heavy atom. The third-order valence-electron chi connectivity index (χ3n) is 3.09. The average molecular weight is 271 g/mol. The van der Waals surface area contributed by atoms with Gasteiger partial charge in [0.05, 0.1) is 19.3 Å². The van der Waals surface area contributed by atoms with E-state index >= 15 is 0 Å². The predicted molar refractivity (Wildman–Crippen MR) is 81.3 cm³/mol. The van der Waals surface area contributed by atoms with Crippen LogP contribution in [-0.2, 0) is 0 Å². The molecule has 0 aliphatic rings. The molecule has 0 spiro atoms. The molecule has 0 radical (unpaired) electrons. The van der Waals surface area contributed by atoms with Crippen LogP contribution in [0.15, 0.2) is 48.5 Å². The molecule has 2 rings (SSSR count). The maximum atomic E-state index is 6.31. The van der Waals surface area contributed by atoms with Gasteiger partial charge in [-0.05, 0) is 37.1 Å². The Morgan fingerprint density at radius 1 is 0.850 bits per heavy atom. The molecule has 0 saturated heterocycles. The van der Waals surface area contributed by atoms with Crippen molar-refractivity contribution in [1.29, 1.82) is 0 Å². The van der Waals surface area contributed by atoms with E-state index in [2.05, 4.69) is 0 Å². The Labute approximate surface area is 120 Å². The van der Waals surface area contributed by atoms with Crippen LogP contribution in [0.5, 0.6) is 11.5 Å². The van der Waals surface area contributed by atoms with Crippen LogP contribution in [0.2, 0.25) is 0 Å². The van der Waals surface area contributed by atoms with Gasteiger partial charge in [-0.2, -0.15) is 0 Å². The van der Waals surface area contributed by atoms with Gasteiger partial charge in [-0.3, -0.25) is 0 Å². The van der Waals surface area contributed by atoms with Crippen LogP contribution in [0.4, 0.5) is 0 Å². The van der Waals surface area contributed by atoms with E-state index in [9.17, 15) is 0 Å². The molecule has 0 aromatic heterocycles. The monoisotopic (exact) mass is 271 g/mol. The molecule has 0 fully saturated rings. The summed E-state index contributed by atoms with van der Waals surface area (Å²) in [5.74, 6) is 1.51. The first-order valence-electron chi connectivity index (χ1n) is 6.96. The molecule has 2 N–H and O–H groups in total. The second kappa shape index (κ2) is 6.96. The third kappa shape index (κ3) is 3.31. The Morgan fingerprint density at radius 3 is 2.15 bits per heavy atom. The summed E-state index contributed by atoms with van der Waals surface area (Å²) >= 11 is 0. The van der Waals surface area contributed by atoms with Crippen LogP contribution in [0.1, 0.15) is 31.0 Å². The minimum atomic E-state index is -0.161. The summed E-state index contributed by atoms with van der Waals surface area (Å²) < 4.78 is 11.2. The van der Waals surface area contributed by atoms with Crippen molar-refractivity contribution < 1.29 is 9.47 Å². The highest BCUT2D eigenvalue weighted by Gasteiger charge is 2.12. The molecule has 3 heteroatoms. The zero-order valence-corrected chi connectivity index (χ0v) is 12.0. The first kappa shape index (κ1) is 14.4. The van der Waals surface area contributed by atoms with Crippen LogP contribution in [0.3, 0.4) is 0 Å². The lowest BCUT2D eigenvalue weighted by Crippen LogP contribution is -2.12. The van der Waals surface area contributed by atoms with Gasteiger partial charge in [0.1, 0.15) is 0 Å². The van der Waals surface area contributed by atoms with Crippen molar-refractivity contribution in [3.63, 3.8) is 0 Å². The van der Waals surface area contributed by atoms with E-state index in [0.717, 1.165) is 22.6 Å². The Kier molecular flexibility index (Phi) is 5.02. The lowest BCUT2D eigenvalue weighted by atomic mass is 9.99. The molecule has 106 valence electrons. The lowest BCUT2D eigenvalue weighted by molar-refractivity contribution is 0.287. The quantitative estimate of drug-likeness (QED) is 0.874. The second-order valence-corrected chi connectivity index (χ2v) is 4.46. The van der Waals surface area contributed by atoms with Crippen molar-refractivity contribution in [3.8, 4) is 11.5 Å². The van der Waals surface area contributed by atoms with Gasteiger partial charge >= 0.3 is 0 Å². The van der Waals surface area contributed by atoms with Gasteiger partial charge in [0, 0.05) is 0 Å². The molecule has 0 aliphatic carbocycles. The van der Waals surface area contributed by atoms with Gasteiger partial charge in [0.25, 0.3) is 0 Å². The van der Waals surface area contributed by atoms with Crippen molar-refractivity contribution >= 4 is 0 Å². The molecule has 2 aromatic carbocycles. The number of ether oxygens (including phenoxy) is 2. The van der Waals surface area contributed by atoms with Crippen molar-refractivity contribution in [1.82, 2.24) is 0 Å². The Balaban J connectivity index is 2.30. The van der Waals surface area contributed by atoms with Crippen molar-refractivity contribution in [2.24, 2.45) is 5.73 Å². The summed E-state index contributed by atoms with van der Waals surface area (Å²) in [6.07, 6.45) is 0. The first-order chi connectivity index (χ1) is 9.76. The van der Waals surface area contributed by atoms with Crippen molar-refractivity contribution in [2.75, 3.05) is 13.2 Å². The normalized spacial score (nSPS) is 11.9. The Hall–Kier alpha value is -2.00. The third-order valence-corrected chi connectivity index (χ3v) is 3.09. The maximum Gasteiger partial charge on any atom is 0.161 e. The number of hydrogen-bond donors (Lipinski definition) is 1. The second-order valence-electron chi connectivity index (χ2n) is 4.46. The van der Waals surface area contributed by atoms with E-state index in [1.165, 1.54) is 0 Å². The largest absolute Gasteiger partial charge is 0.490 e. The molecule has 1 atom stereocenters. The molecule has 20 heavy (non-hydrogen) atoms. The van der Waals surface area contributed by atoms with Gasteiger partial charge in [0.15, 0.2) is 11.5 Å². The lowest BCUT2D eigenvalue weighted by Gasteiger charge is -2.16. The topological polar surface area (TPSA) is 44.5 Å². The number of hydrogen-bond acceptors (Lipinski definition) is 3. The first-order valence-corrected chi connectivity index (χ1v) is 6.96. The zero-order valence-electron chi connectivity index (χ0n) is 12.0. The van der Waals surface area contributed by atoms with Gasteiger partial charge in [-0.15, -0.1) is 0 Å². The fraction of sp³-hybridized carbons (Fsp3) is 0.294. The molecule has 0 amide bonds. The van der Waals surface area contributed by atoms with Crippen LogP contribution in [0, 0.1) is 0 Å². The highest BCUT2D eigenvalue weighted by molar-refractivity contribution is 5.45. The van der Waals surface area contributed by atoms with Gasteiger partial charge in [0.2, 0.25) is 0 Å². The van der Waals surface area contributed by atoms with E-state index in [0.29, 0.717) is 13.2 Å². The van der Waals surface area contributed by atoms with E-state index < -0.39 is 0 Å². The number of rotatable bonds is 6. The minimum absolute atomic E-state index is 0.161. The maximum absolute atomic E-state index is 6.31. The fourth-order valence-corrected chi connectivity index (χ4v) is 2.11.